The van der Waals surface area contributed by atoms with Gasteiger partial charge < -0.3 is 14.7 Å². The number of amides is 1. The molecule has 1 aliphatic heterocycles. The number of likely N-dealkylation sites (tertiary alicyclic amines) is 1. The molecule has 0 unspecified atom stereocenters. The zero-order chi connectivity index (χ0) is 19.0. The van der Waals surface area contributed by atoms with Gasteiger partial charge in [0.15, 0.2) is 0 Å². The summed E-state index contributed by atoms with van der Waals surface area (Å²) in [5.74, 6) is -0.815. The van der Waals surface area contributed by atoms with Gasteiger partial charge in [-0.15, -0.1) is 0 Å². The predicted molar refractivity (Wildman–Crippen MR) is 101 cm³/mol. The molecule has 1 heterocycles. The van der Waals surface area contributed by atoms with Crippen molar-refractivity contribution in [2.75, 3.05) is 33.3 Å². The van der Waals surface area contributed by atoms with Crippen molar-refractivity contribution in [3.63, 3.8) is 0 Å². The Hall–Kier alpha value is -2.86. The molecule has 0 radical (unpaired) electrons. The minimum atomic E-state index is -0.864. The molecule has 4 rings (SSSR count). The third kappa shape index (κ3) is 3.28. The summed E-state index contributed by atoms with van der Waals surface area (Å²) in [4.78, 5) is 26.5. The number of fused-ring (bicyclic) bond motifs is 3. The average molecular weight is 366 g/mol. The highest BCUT2D eigenvalue weighted by Crippen LogP contribution is 2.44. The fourth-order valence-electron chi connectivity index (χ4n) is 3.91. The Morgan fingerprint density at radius 2 is 1.63 bits per heavy atom. The smallest absolute Gasteiger partial charge is 0.409 e. The summed E-state index contributed by atoms with van der Waals surface area (Å²) in [6.45, 7) is 1.28. The second-order valence-corrected chi connectivity index (χ2v) is 7.17. The van der Waals surface area contributed by atoms with E-state index in [0.717, 1.165) is 0 Å². The van der Waals surface area contributed by atoms with Crippen molar-refractivity contribution in [1.82, 2.24) is 9.80 Å². The monoisotopic (exact) mass is 366 g/mol. The molecule has 0 aromatic heterocycles. The van der Waals surface area contributed by atoms with E-state index in [0.29, 0.717) is 19.7 Å². The number of carbonyl (C=O) groups excluding carboxylic acids is 1. The molecule has 1 saturated heterocycles. The van der Waals surface area contributed by atoms with Gasteiger partial charge in [0.25, 0.3) is 0 Å². The van der Waals surface area contributed by atoms with E-state index in [1.54, 1.807) is 16.8 Å². The third-order valence-corrected chi connectivity index (χ3v) is 5.46. The molecule has 6 heteroatoms. The van der Waals surface area contributed by atoms with Crippen molar-refractivity contribution in [3.05, 3.63) is 59.7 Å². The third-order valence-electron chi connectivity index (χ3n) is 5.46. The van der Waals surface area contributed by atoms with Crippen LogP contribution in [0.25, 0.3) is 11.1 Å². The van der Waals surface area contributed by atoms with Gasteiger partial charge >= 0.3 is 12.1 Å². The molecule has 0 atom stereocenters. The summed E-state index contributed by atoms with van der Waals surface area (Å²) < 4.78 is 5.60. The molecule has 2 aromatic rings. The minimum Gasteiger partial charge on any atom is -0.480 e. The maximum atomic E-state index is 12.4. The van der Waals surface area contributed by atoms with Gasteiger partial charge in [-0.25, -0.2) is 4.79 Å². The number of benzene rings is 2. The van der Waals surface area contributed by atoms with E-state index in [2.05, 4.69) is 24.3 Å². The molecule has 1 aliphatic carbocycles. The quantitative estimate of drug-likeness (QED) is 0.881. The Bertz CT molecular complexity index is 830. The zero-order valence-electron chi connectivity index (χ0n) is 15.2. The Morgan fingerprint density at radius 3 is 2.19 bits per heavy atom. The normalized spacial score (nSPS) is 16.0. The van der Waals surface area contributed by atoms with Crippen LogP contribution in [0.15, 0.2) is 48.5 Å². The molecule has 1 amide bonds. The van der Waals surface area contributed by atoms with Crippen LogP contribution in [-0.4, -0.2) is 66.3 Å². The highest BCUT2D eigenvalue weighted by atomic mass is 16.6. The Labute approximate surface area is 158 Å². The van der Waals surface area contributed by atoms with Crippen molar-refractivity contribution < 1.29 is 19.4 Å². The minimum absolute atomic E-state index is 0.0246. The van der Waals surface area contributed by atoms with Crippen LogP contribution in [0.2, 0.25) is 0 Å². The van der Waals surface area contributed by atoms with E-state index in [4.69, 9.17) is 9.84 Å². The maximum absolute atomic E-state index is 12.4. The number of carbonyl (C=O) groups is 2. The standard InChI is InChI=1S/C21H22N2O4/c1-22(12-20(24)25)14-10-23(11-14)21(26)27-13-19-17-8-4-2-6-15(17)16-7-3-5-9-18(16)19/h2-9,14,19H,10-13H2,1H3,(H,24,25). The lowest BCUT2D eigenvalue weighted by atomic mass is 9.98. The maximum Gasteiger partial charge on any atom is 0.409 e. The number of nitrogens with zero attached hydrogens (tertiary/aromatic N) is 2. The molecule has 1 fully saturated rings. The van der Waals surface area contributed by atoms with Crippen LogP contribution in [0.1, 0.15) is 17.0 Å². The molecule has 0 bridgehead atoms. The lowest BCUT2D eigenvalue weighted by Gasteiger charge is -2.42. The Kier molecular flexibility index (Phi) is 4.58. The summed E-state index contributed by atoms with van der Waals surface area (Å²) >= 11 is 0. The summed E-state index contributed by atoms with van der Waals surface area (Å²) in [6.07, 6.45) is -0.336. The molecule has 0 spiro atoms. The van der Waals surface area contributed by atoms with E-state index < -0.39 is 5.97 Å². The van der Waals surface area contributed by atoms with Crippen molar-refractivity contribution in [1.29, 1.82) is 0 Å². The molecule has 1 N–H and O–H groups in total. The number of carboxylic acid groups (broad SMARTS) is 1. The number of hydrogen-bond donors (Lipinski definition) is 1. The highest BCUT2D eigenvalue weighted by molar-refractivity contribution is 5.79. The van der Waals surface area contributed by atoms with Crippen LogP contribution >= 0.6 is 0 Å². The fourth-order valence-corrected chi connectivity index (χ4v) is 3.91. The van der Waals surface area contributed by atoms with Gasteiger partial charge in [0.1, 0.15) is 6.61 Å². The first-order valence-electron chi connectivity index (χ1n) is 9.06. The Balaban J connectivity index is 1.37. The van der Waals surface area contributed by atoms with E-state index in [1.807, 2.05) is 24.3 Å². The predicted octanol–water partition coefficient (Wildman–Crippen LogP) is 2.64. The van der Waals surface area contributed by atoms with Crippen LogP contribution in [0.5, 0.6) is 0 Å². The first-order chi connectivity index (χ1) is 13.0. The summed E-state index contributed by atoms with van der Waals surface area (Å²) in [5, 5.41) is 8.85. The number of ether oxygens (including phenoxy) is 1. The number of likely N-dealkylation sites (N-methyl/N-ethyl adjacent to an activating group) is 1. The van der Waals surface area contributed by atoms with E-state index in [-0.39, 0.29) is 24.6 Å². The molecule has 140 valence electrons. The van der Waals surface area contributed by atoms with Crippen molar-refractivity contribution in [2.45, 2.75) is 12.0 Å². The molecular weight excluding hydrogens is 344 g/mol. The SMILES string of the molecule is CN(CC(=O)O)C1CN(C(=O)OCC2c3ccccc3-c3ccccc32)C1. The molecule has 2 aliphatic rings. The van der Waals surface area contributed by atoms with Crippen LogP contribution in [-0.2, 0) is 9.53 Å². The van der Waals surface area contributed by atoms with Gasteiger partial charge in [-0.1, -0.05) is 48.5 Å². The summed E-state index contributed by atoms with van der Waals surface area (Å²) in [7, 11) is 1.76. The van der Waals surface area contributed by atoms with Gasteiger partial charge in [-0.05, 0) is 29.3 Å². The largest absolute Gasteiger partial charge is 0.480 e. The molecule has 6 nitrogen and oxygen atoms in total. The van der Waals surface area contributed by atoms with Crippen LogP contribution in [0, 0.1) is 0 Å². The van der Waals surface area contributed by atoms with E-state index in [9.17, 15) is 9.59 Å². The molecule has 0 saturated carbocycles. The van der Waals surface area contributed by atoms with E-state index >= 15 is 0 Å². The molecule has 27 heavy (non-hydrogen) atoms. The van der Waals surface area contributed by atoms with Crippen LogP contribution in [0.4, 0.5) is 4.79 Å². The summed E-state index contributed by atoms with van der Waals surface area (Å²) in [6, 6.07) is 16.5. The fraction of sp³-hybridized carbons (Fsp3) is 0.333. The zero-order valence-corrected chi connectivity index (χ0v) is 15.2. The average Bonchev–Trinajstić information content (AvgIpc) is 2.92. The molecular formula is C21H22N2O4. The second kappa shape index (κ2) is 7.04. The summed E-state index contributed by atoms with van der Waals surface area (Å²) in [5.41, 5.74) is 4.78. The van der Waals surface area contributed by atoms with Crippen molar-refractivity contribution in [2.24, 2.45) is 0 Å². The highest BCUT2D eigenvalue weighted by Gasteiger charge is 2.36. The number of carboxylic acids is 1. The second-order valence-electron chi connectivity index (χ2n) is 7.17. The van der Waals surface area contributed by atoms with Gasteiger partial charge in [0, 0.05) is 25.0 Å². The van der Waals surface area contributed by atoms with Crippen LogP contribution < -0.4 is 0 Å². The van der Waals surface area contributed by atoms with Gasteiger partial charge in [0.2, 0.25) is 0 Å². The number of aliphatic carboxylic acids is 1. The number of rotatable bonds is 5. The van der Waals surface area contributed by atoms with Crippen molar-refractivity contribution in [3.8, 4) is 11.1 Å². The van der Waals surface area contributed by atoms with Gasteiger partial charge in [-0.2, -0.15) is 0 Å². The lowest BCUT2D eigenvalue weighted by molar-refractivity contribution is -0.139. The Morgan fingerprint density at radius 1 is 1.07 bits per heavy atom. The first-order valence-corrected chi connectivity index (χ1v) is 9.06. The van der Waals surface area contributed by atoms with Crippen molar-refractivity contribution >= 4 is 12.1 Å². The first kappa shape index (κ1) is 17.5. The number of hydrogen-bond acceptors (Lipinski definition) is 4. The topological polar surface area (TPSA) is 70.1 Å². The van der Waals surface area contributed by atoms with Gasteiger partial charge in [0.05, 0.1) is 6.54 Å². The molecule has 2 aromatic carbocycles. The lowest BCUT2D eigenvalue weighted by Crippen LogP contribution is -2.60. The van der Waals surface area contributed by atoms with E-state index in [1.165, 1.54) is 22.3 Å². The van der Waals surface area contributed by atoms with Gasteiger partial charge in [-0.3, -0.25) is 9.69 Å². The van der Waals surface area contributed by atoms with Crippen LogP contribution in [0.3, 0.4) is 0 Å².